The Morgan fingerprint density at radius 3 is 2.75 bits per heavy atom. The lowest BCUT2D eigenvalue weighted by atomic mass is 10.1. The first-order valence-electron chi connectivity index (χ1n) is 9.78. The van der Waals surface area contributed by atoms with Crippen LogP contribution in [0, 0.1) is 0 Å². The van der Waals surface area contributed by atoms with Gasteiger partial charge in [-0.15, -0.1) is 0 Å². The first-order chi connectivity index (χ1) is 13.7. The van der Waals surface area contributed by atoms with Crippen molar-refractivity contribution in [1.82, 2.24) is 14.8 Å². The predicted octanol–water partition coefficient (Wildman–Crippen LogP) is 2.00. The molecular formula is C22H29N3O3. The fourth-order valence-corrected chi connectivity index (χ4v) is 3.43. The van der Waals surface area contributed by atoms with Crippen molar-refractivity contribution < 1.29 is 14.3 Å². The van der Waals surface area contributed by atoms with E-state index < -0.39 is 0 Å². The zero-order valence-electron chi connectivity index (χ0n) is 16.5. The van der Waals surface area contributed by atoms with E-state index in [0.29, 0.717) is 32.7 Å². The van der Waals surface area contributed by atoms with Crippen molar-refractivity contribution in [3.63, 3.8) is 0 Å². The average molecular weight is 383 g/mol. The van der Waals surface area contributed by atoms with E-state index in [1.165, 1.54) is 5.56 Å². The SMILES string of the molecule is COCCN(CC1CN(Cc2ccncc2)CCO1)C(=O)Cc1ccccc1. The summed E-state index contributed by atoms with van der Waals surface area (Å²) in [6, 6.07) is 13.9. The van der Waals surface area contributed by atoms with Crippen molar-refractivity contribution in [2.45, 2.75) is 19.1 Å². The van der Waals surface area contributed by atoms with Crippen LogP contribution in [-0.2, 0) is 27.2 Å². The number of ether oxygens (including phenoxy) is 2. The summed E-state index contributed by atoms with van der Waals surface area (Å²) in [5.74, 6) is 0.109. The molecular weight excluding hydrogens is 354 g/mol. The van der Waals surface area contributed by atoms with Gasteiger partial charge in [0.15, 0.2) is 0 Å². The molecule has 6 heteroatoms. The predicted molar refractivity (Wildman–Crippen MR) is 108 cm³/mol. The number of pyridine rings is 1. The Hall–Kier alpha value is -2.28. The zero-order valence-corrected chi connectivity index (χ0v) is 16.5. The van der Waals surface area contributed by atoms with Crippen LogP contribution < -0.4 is 0 Å². The van der Waals surface area contributed by atoms with E-state index >= 15 is 0 Å². The Morgan fingerprint density at radius 1 is 1.21 bits per heavy atom. The van der Waals surface area contributed by atoms with Gasteiger partial charge < -0.3 is 14.4 Å². The number of carbonyl (C=O) groups is 1. The zero-order chi connectivity index (χ0) is 19.6. The molecule has 28 heavy (non-hydrogen) atoms. The molecule has 1 unspecified atom stereocenters. The molecule has 2 aromatic rings. The molecule has 0 bridgehead atoms. The van der Waals surface area contributed by atoms with Gasteiger partial charge in [0.2, 0.25) is 5.91 Å². The van der Waals surface area contributed by atoms with Gasteiger partial charge in [-0.25, -0.2) is 0 Å². The molecule has 0 radical (unpaired) electrons. The van der Waals surface area contributed by atoms with E-state index in [0.717, 1.165) is 25.2 Å². The van der Waals surface area contributed by atoms with Gasteiger partial charge in [-0.3, -0.25) is 14.7 Å². The van der Waals surface area contributed by atoms with E-state index in [4.69, 9.17) is 9.47 Å². The lowest BCUT2D eigenvalue weighted by molar-refractivity contribution is -0.134. The standard InChI is InChI=1S/C22H29N3O3/c1-27-13-12-25(22(26)15-19-5-3-2-4-6-19)18-21-17-24(11-14-28-21)16-20-7-9-23-10-8-20/h2-10,21H,11-18H2,1H3. The summed E-state index contributed by atoms with van der Waals surface area (Å²) in [5.41, 5.74) is 2.27. The third-order valence-electron chi connectivity index (χ3n) is 4.92. The molecule has 1 aliphatic heterocycles. The highest BCUT2D eigenvalue weighted by Crippen LogP contribution is 2.12. The second-order valence-corrected chi connectivity index (χ2v) is 7.08. The maximum Gasteiger partial charge on any atom is 0.227 e. The molecule has 1 amide bonds. The van der Waals surface area contributed by atoms with Gasteiger partial charge >= 0.3 is 0 Å². The Kier molecular flexibility index (Phi) is 7.96. The molecule has 6 nitrogen and oxygen atoms in total. The molecule has 3 rings (SSSR count). The van der Waals surface area contributed by atoms with Crippen LogP contribution in [0.1, 0.15) is 11.1 Å². The topological polar surface area (TPSA) is 54.9 Å². The highest BCUT2D eigenvalue weighted by atomic mass is 16.5. The van der Waals surface area contributed by atoms with E-state index in [1.807, 2.05) is 59.8 Å². The molecule has 0 saturated carbocycles. The summed E-state index contributed by atoms with van der Waals surface area (Å²) in [4.78, 5) is 21.2. The summed E-state index contributed by atoms with van der Waals surface area (Å²) in [6.07, 6.45) is 4.05. The smallest absolute Gasteiger partial charge is 0.227 e. The van der Waals surface area contributed by atoms with Crippen molar-refractivity contribution in [1.29, 1.82) is 0 Å². The fraction of sp³-hybridized carbons (Fsp3) is 0.455. The van der Waals surface area contributed by atoms with Crippen molar-refractivity contribution in [2.75, 3.05) is 46.5 Å². The number of aromatic nitrogens is 1. The first kappa shape index (κ1) is 20.5. The molecule has 0 spiro atoms. The summed E-state index contributed by atoms with van der Waals surface area (Å²) in [7, 11) is 1.66. The van der Waals surface area contributed by atoms with Crippen LogP contribution in [0.3, 0.4) is 0 Å². The van der Waals surface area contributed by atoms with Crippen molar-refractivity contribution >= 4 is 5.91 Å². The van der Waals surface area contributed by atoms with Crippen molar-refractivity contribution in [3.05, 3.63) is 66.0 Å². The van der Waals surface area contributed by atoms with Crippen LogP contribution >= 0.6 is 0 Å². The van der Waals surface area contributed by atoms with Crippen LogP contribution in [0.5, 0.6) is 0 Å². The number of benzene rings is 1. The monoisotopic (exact) mass is 383 g/mol. The normalized spacial score (nSPS) is 17.4. The van der Waals surface area contributed by atoms with Gasteiger partial charge in [0.25, 0.3) is 0 Å². The van der Waals surface area contributed by atoms with Gasteiger partial charge in [0, 0.05) is 52.2 Å². The third kappa shape index (κ3) is 6.41. The van der Waals surface area contributed by atoms with Crippen molar-refractivity contribution in [3.8, 4) is 0 Å². The minimum atomic E-state index is 0.00664. The van der Waals surface area contributed by atoms with Crippen LogP contribution in [0.25, 0.3) is 0 Å². The van der Waals surface area contributed by atoms with Crippen LogP contribution in [0.4, 0.5) is 0 Å². The van der Waals surface area contributed by atoms with Gasteiger partial charge in [-0.2, -0.15) is 0 Å². The fourth-order valence-electron chi connectivity index (χ4n) is 3.43. The number of hydrogen-bond donors (Lipinski definition) is 0. The lowest BCUT2D eigenvalue weighted by Gasteiger charge is -2.35. The van der Waals surface area contributed by atoms with Crippen LogP contribution in [0.2, 0.25) is 0 Å². The highest BCUT2D eigenvalue weighted by Gasteiger charge is 2.25. The maximum absolute atomic E-state index is 12.9. The van der Waals surface area contributed by atoms with Gasteiger partial charge in [-0.05, 0) is 23.3 Å². The average Bonchev–Trinajstić information content (AvgIpc) is 2.73. The van der Waals surface area contributed by atoms with Gasteiger partial charge in [0.1, 0.15) is 0 Å². The number of nitrogens with zero attached hydrogens (tertiary/aromatic N) is 3. The molecule has 150 valence electrons. The Balaban J connectivity index is 1.57. The second kappa shape index (κ2) is 10.9. The molecule has 1 aromatic carbocycles. The number of methoxy groups -OCH3 is 1. The van der Waals surface area contributed by atoms with E-state index in [2.05, 4.69) is 9.88 Å². The minimum absolute atomic E-state index is 0.00664. The summed E-state index contributed by atoms with van der Waals surface area (Å²) in [6.45, 7) is 4.95. The molecule has 1 saturated heterocycles. The molecule has 1 aliphatic rings. The number of morpholine rings is 1. The molecule has 2 heterocycles. The van der Waals surface area contributed by atoms with Crippen molar-refractivity contribution in [2.24, 2.45) is 0 Å². The molecule has 1 fully saturated rings. The molecule has 0 aliphatic carbocycles. The maximum atomic E-state index is 12.9. The van der Waals surface area contributed by atoms with Crippen LogP contribution in [0.15, 0.2) is 54.9 Å². The second-order valence-electron chi connectivity index (χ2n) is 7.08. The number of rotatable bonds is 9. The summed E-state index contributed by atoms with van der Waals surface area (Å²) < 4.78 is 11.2. The lowest BCUT2D eigenvalue weighted by Crippen LogP contribution is -2.49. The summed E-state index contributed by atoms with van der Waals surface area (Å²) in [5, 5.41) is 0. The Labute approximate surface area is 167 Å². The quantitative estimate of drug-likeness (QED) is 0.663. The molecule has 1 atom stereocenters. The molecule has 1 aromatic heterocycles. The Bertz CT molecular complexity index is 711. The number of carbonyl (C=O) groups excluding carboxylic acids is 1. The van der Waals surface area contributed by atoms with E-state index in [9.17, 15) is 4.79 Å². The highest BCUT2D eigenvalue weighted by molar-refractivity contribution is 5.78. The van der Waals surface area contributed by atoms with E-state index in [1.54, 1.807) is 7.11 Å². The number of hydrogen-bond acceptors (Lipinski definition) is 5. The van der Waals surface area contributed by atoms with Gasteiger partial charge in [0.05, 0.1) is 25.7 Å². The van der Waals surface area contributed by atoms with E-state index in [-0.39, 0.29) is 12.0 Å². The van der Waals surface area contributed by atoms with Crippen LogP contribution in [-0.4, -0.2) is 73.3 Å². The van der Waals surface area contributed by atoms with Gasteiger partial charge in [-0.1, -0.05) is 30.3 Å². The third-order valence-corrected chi connectivity index (χ3v) is 4.92. The minimum Gasteiger partial charge on any atom is -0.383 e. The summed E-state index contributed by atoms with van der Waals surface area (Å²) >= 11 is 0. The number of amides is 1. The Morgan fingerprint density at radius 2 is 2.00 bits per heavy atom. The largest absolute Gasteiger partial charge is 0.383 e. The molecule has 0 N–H and O–H groups in total. The first-order valence-corrected chi connectivity index (χ1v) is 9.78.